The van der Waals surface area contributed by atoms with Gasteiger partial charge in [0.15, 0.2) is 0 Å². The van der Waals surface area contributed by atoms with Crippen molar-refractivity contribution in [2.45, 2.75) is 32.1 Å². The molecule has 1 aromatic carbocycles. The van der Waals surface area contributed by atoms with Crippen LogP contribution in [0.25, 0.3) is 0 Å². The lowest BCUT2D eigenvalue weighted by molar-refractivity contribution is 0.252. The van der Waals surface area contributed by atoms with Gasteiger partial charge < -0.3 is 5.32 Å². The summed E-state index contributed by atoms with van der Waals surface area (Å²) >= 11 is 0. The first-order valence-corrected chi connectivity index (χ1v) is 5.97. The van der Waals surface area contributed by atoms with E-state index < -0.39 is 0 Å². The molecule has 1 atom stereocenters. The maximum Gasteiger partial charge on any atom is -0.00122 e. The van der Waals surface area contributed by atoms with Crippen molar-refractivity contribution in [3.63, 3.8) is 0 Å². The highest BCUT2D eigenvalue weighted by Gasteiger charge is 2.31. The fourth-order valence-corrected chi connectivity index (χ4v) is 2.57. The lowest BCUT2D eigenvalue weighted by Gasteiger charge is -2.37. The summed E-state index contributed by atoms with van der Waals surface area (Å²) < 4.78 is 0. The molecule has 1 N–H and O–H groups in total. The molecule has 0 aliphatic carbocycles. The predicted octanol–water partition coefficient (Wildman–Crippen LogP) is 2.96. The van der Waals surface area contributed by atoms with E-state index in [2.05, 4.69) is 49.5 Å². The smallest absolute Gasteiger partial charge is 0.00122 e. The molecule has 1 aliphatic rings. The Kier molecular flexibility index (Phi) is 3.11. The summed E-state index contributed by atoms with van der Waals surface area (Å²) in [6.45, 7) is 7.11. The first-order valence-electron chi connectivity index (χ1n) is 5.97. The number of hydrogen-bond donors (Lipinski definition) is 1. The Balaban J connectivity index is 2.18. The monoisotopic (exact) mass is 203 g/mol. The van der Waals surface area contributed by atoms with Crippen molar-refractivity contribution in [2.75, 3.05) is 13.1 Å². The third-order valence-electron chi connectivity index (χ3n) is 3.84. The van der Waals surface area contributed by atoms with Crippen LogP contribution in [0.15, 0.2) is 30.3 Å². The highest BCUT2D eigenvalue weighted by molar-refractivity contribution is 5.24. The van der Waals surface area contributed by atoms with E-state index in [0.717, 1.165) is 5.92 Å². The van der Waals surface area contributed by atoms with E-state index in [1.165, 1.54) is 31.5 Å². The molecule has 1 aromatic rings. The van der Waals surface area contributed by atoms with E-state index in [1.807, 2.05) is 0 Å². The fraction of sp³-hybridized carbons (Fsp3) is 0.571. The minimum absolute atomic E-state index is 0.300. The van der Waals surface area contributed by atoms with Gasteiger partial charge in [-0.05, 0) is 42.8 Å². The second kappa shape index (κ2) is 4.36. The minimum Gasteiger partial charge on any atom is -0.316 e. The molecular formula is C14H21N. The molecule has 82 valence electrons. The highest BCUT2D eigenvalue weighted by Crippen LogP contribution is 2.35. The Morgan fingerprint density at radius 1 is 1.20 bits per heavy atom. The Morgan fingerprint density at radius 2 is 1.93 bits per heavy atom. The Hall–Kier alpha value is -0.820. The normalized spacial score (nSPS) is 22.7. The SMILES string of the molecule is CC(C)(c1ccccc1)C1CCCNC1. The van der Waals surface area contributed by atoms with Gasteiger partial charge in [0, 0.05) is 0 Å². The topological polar surface area (TPSA) is 12.0 Å². The average molecular weight is 203 g/mol. The molecule has 0 bridgehead atoms. The van der Waals surface area contributed by atoms with Crippen LogP contribution in [0.1, 0.15) is 32.3 Å². The van der Waals surface area contributed by atoms with Crippen LogP contribution in [-0.4, -0.2) is 13.1 Å². The number of benzene rings is 1. The average Bonchev–Trinajstić information content (AvgIpc) is 2.31. The van der Waals surface area contributed by atoms with Gasteiger partial charge in [-0.1, -0.05) is 44.2 Å². The Morgan fingerprint density at radius 3 is 2.53 bits per heavy atom. The molecule has 1 aliphatic heterocycles. The molecule has 0 radical (unpaired) electrons. The molecule has 2 rings (SSSR count). The molecule has 15 heavy (non-hydrogen) atoms. The van der Waals surface area contributed by atoms with Gasteiger partial charge in [-0.15, -0.1) is 0 Å². The third-order valence-corrected chi connectivity index (χ3v) is 3.84. The summed E-state index contributed by atoms with van der Waals surface area (Å²) in [7, 11) is 0. The van der Waals surface area contributed by atoms with Crippen LogP contribution in [0.3, 0.4) is 0 Å². The molecule has 0 spiro atoms. The highest BCUT2D eigenvalue weighted by atomic mass is 14.9. The van der Waals surface area contributed by atoms with E-state index in [9.17, 15) is 0 Å². The maximum atomic E-state index is 3.51. The summed E-state index contributed by atoms with van der Waals surface area (Å²) in [5.74, 6) is 0.772. The van der Waals surface area contributed by atoms with Crippen molar-refractivity contribution in [1.82, 2.24) is 5.32 Å². The van der Waals surface area contributed by atoms with Crippen molar-refractivity contribution in [1.29, 1.82) is 0 Å². The molecule has 1 fully saturated rings. The van der Waals surface area contributed by atoms with Crippen molar-refractivity contribution >= 4 is 0 Å². The molecule has 1 heterocycles. The van der Waals surface area contributed by atoms with E-state index >= 15 is 0 Å². The number of rotatable bonds is 2. The summed E-state index contributed by atoms with van der Waals surface area (Å²) in [4.78, 5) is 0. The zero-order valence-corrected chi connectivity index (χ0v) is 9.79. The van der Waals surface area contributed by atoms with Crippen LogP contribution >= 0.6 is 0 Å². The van der Waals surface area contributed by atoms with E-state index in [0.29, 0.717) is 5.41 Å². The van der Waals surface area contributed by atoms with Gasteiger partial charge in [0.05, 0.1) is 0 Å². The van der Waals surface area contributed by atoms with Gasteiger partial charge in [0.1, 0.15) is 0 Å². The second-order valence-electron chi connectivity index (χ2n) is 5.13. The number of piperidine rings is 1. The molecular weight excluding hydrogens is 182 g/mol. The largest absolute Gasteiger partial charge is 0.316 e. The van der Waals surface area contributed by atoms with Crippen molar-refractivity contribution in [2.24, 2.45) is 5.92 Å². The van der Waals surface area contributed by atoms with Gasteiger partial charge in [0.25, 0.3) is 0 Å². The molecule has 1 unspecified atom stereocenters. The third kappa shape index (κ3) is 2.23. The first-order chi connectivity index (χ1) is 7.21. The summed E-state index contributed by atoms with van der Waals surface area (Å²) in [5, 5.41) is 3.51. The van der Waals surface area contributed by atoms with Crippen molar-refractivity contribution < 1.29 is 0 Å². The van der Waals surface area contributed by atoms with Crippen molar-refractivity contribution in [3.8, 4) is 0 Å². The molecule has 1 heteroatoms. The molecule has 1 nitrogen and oxygen atoms in total. The van der Waals surface area contributed by atoms with Gasteiger partial charge in [-0.3, -0.25) is 0 Å². The lowest BCUT2D eigenvalue weighted by atomic mass is 9.70. The molecule has 0 aromatic heterocycles. The summed E-state index contributed by atoms with van der Waals surface area (Å²) in [5.41, 5.74) is 1.77. The predicted molar refractivity (Wildman–Crippen MR) is 65.1 cm³/mol. The molecule has 1 saturated heterocycles. The van der Waals surface area contributed by atoms with Gasteiger partial charge in [-0.25, -0.2) is 0 Å². The van der Waals surface area contributed by atoms with Gasteiger partial charge in [0.2, 0.25) is 0 Å². The van der Waals surface area contributed by atoms with E-state index in [1.54, 1.807) is 0 Å². The van der Waals surface area contributed by atoms with Crippen LogP contribution in [0.4, 0.5) is 0 Å². The summed E-state index contributed by atoms with van der Waals surface area (Å²) in [6, 6.07) is 10.9. The zero-order valence-electron chi connectivity index (χ0n) is 9.79. The van der Waals surface area contributed by atoms with Crippen LogP contribution in [0.2, 0.25) is 0 Å². The van der Waals surface area contributed by atoms with E-state index in [-0.39, 0.29) is 0 Å². The summed E-state index contributed by atoms with van der Waals surface area (Å²) in [6.07, 6.45) is 2.68. The molecule has 0 amide bonds. The maximum absolute atomic E-state index is 3.51. The van der Waals surface area contributed by atoms with Crippen molar-refractivity contribution in [3.05, 3.63) is 35.9 Å². The van der Waals surface area contributed by atoms with Gasteiger partial charge >= 0.3 is 0 Å². The van der Waals surface area contributed by atoms with Crippen LogP contribution in [0.5, 0.6) is 0 Å². The Bertz CT molecular complexity index is 296. The fourth-order valence-electron chi connectivity index (χ4n) is 2.57. The lowest BCUT2D eigenvalue weighted by Crippen LogP contribution is -2.40. The number of hydrogen-bond acceptors (Lipinski definition) is 1. The zero-order chi connectivity index (χ0) is 10.7. The second-order valence-corrected chi connectivity index (χ2v) is 5.13. The van der Waals surface area contributed by atoms with Crippen LogP contribution in [0, 0.1) is 5.92 Å². The quantitative estimate of drug-likeness (QED) is 0.779. The van der Waals surface area contributed by atoms with Crippen LogP contribution in [-0.2, 0) is 5.41 Å². The Labute approximate surface area is 92.9 Å². The first kappa shape index (κ1) is 10.7. The standard InChI is InChI=1S/C14H21N/c1-14(2,12-7-4-3-5-8-12)13-9-6-10-15-11-13/h3-5,7-8,13,15H,6,9-11H2,1-2H3. The van der Waals surface area contributed by atoms with Gasteiger partial charge in [-0.2, -0.15) is 0 Å². The number of nitrogens with one attached hydrogen (secondary N) is 1. The van der Waals surface area contributed by atoms with E-state index in [4.69, 9.17) is 0 Å². The minimum atomic E-state index is 0.300. The molecule has 0 saturated carbocycles. The van der Waals surface area contributed by atoms with Crippen LogP contribution < -0.4 is 5.32 Å².